The van der Waals surface area contributed by atoms with Gasteiger partial charge in [0.1, 0.15) is 17.6 Å². The summed E-state index contributed by atoms with van der Waals surface area (Å²) in [5, 5.41) is 12.6. The van der Waals surface area contributed by atoms with Crippen LogP contribution in [0.25, 0.3) is 6.08 Å². The number of likely N-dealkylation sites (N-methyl/N-ethyl adjacent to an activating group) is 1. The fourth-order valence-electron chi connectivity index (χ4n) is 8.09. The fourth-order valence-corrected chi connectivity index (χ4v) is 8.09. The largest absolute Gasteiger partial charge is 0.573 e. The van der Waals surface area contributed by atoms with Crippen molar-refractivity contribution in [3.05, 3.63) is 65.2 Å². The van der Waals surface area contributed by atoms with Crippen molar-refractivity contribution in [3.8, 4) is 11.5 Å². The highest BCUT2D eigenvalue weighted by Gasteiger charge is 2.73. The molecule has 2 aliphatic heterocycles. The second-order valence-corrected chi connectivity index (χ2v) is 12.1. The van der Waals surface area contributed by atoms with Gasteiger partial charge >= 0.3 is 6.36 Å². The monoisotopic (exact) mass is 554 g/mol. The number of aliphatic hydroxyl groups is 1. The van der Waals surface area contributed by atoms with Gasteiger partial charge in [-0.2, -0.15) is 0 Å². The first kappa shape index (κ1) is 25.9. The molecule has 9 heteroatoms. The summed E-state index contributed by atoms with van der Waals surface area (Å²) in [5.74, 6) is 0.939. The molecule has 40 heavy (non-hydrogen) atoms. The van der Waals surface area contributed by atoms with E-state index in [9.17, 15) is 23.1 Å². The van der Waals surface area contributed by atoms with Gasteiger partial charge in [-0.25, -0.2) is 0 Å². The molecule has 2 heterocycles. The van der Waals surface area contributed by atoms with Crippen LogP contribution in [0.2, 0.25) is 0 Å². The lowest BCUT2D eigenvalue weighted by molar-refractivity contribution is -0.274. The number of piperidine rings is 1. The van der Waals surface area contributed by atoms with Crippen molar-refractivity contribution in [2.24, 2.45) is 5.92 Å². The van der Waals surface area contributed by atoms with Gasteiger partial charge in [-0.05, 0) is 86.4 Å². The molecular weight excluding hydrogens is 521 g/mol. The van der Waals surface area contributed by atoms with Gasteiger partial charge in [-0.3, -0.25) is 9.69 Å². The normalized spacial score (nSPS) is 32.5. The van der Waals surface area contributed by atoms with Crippen LogP contribution < -0.4 is 9.47 Å². The Hall–Kier alpha value is -3.04. The molecule has 3 aliphatic carbocycles. The molecule has 5 atom stereocenters. The molecule has 1 saturated heterocycles. The number of ether oxygens (including phenoxy) is 2. The Morgan fingerprint density at radius 3 is 2.77 bits per heavy atom. The van der Waals surface area contributed by atoms with Gasteiger partial charge in [0.15, 0.2) is 0 Å². The Labute approximate surface area is 231 Å². The molecule has 3 fully saturated rings. The van der Waals surface area contributed by atoms with Crippen LogP contribution in [0.15, 0.2) is 48.5 Å². The molecule has 212 valence electrons. The molecule has 0 aromatic heterocycles. The quantitative estimate of drug-likeness (QED) is 0.525. The van der Waals surface area contributed by atoms with Gasteiger partial charge in [0.05, 0.1) is 17.1 Å². The molecular formula is C31H33F3N2O4. The fraction of sp³-hybridized carbons (Fsp3) is 0.516. The molecule has 5 aliphatic rings. The van der Waals surface area contributed by atoms with Crippen LogP contribution in [0.1, 0.15) is 48.8 Å². The molecule has 7 rings (SSSR count). The van der Waals surface area contributed by atoms with Crippen LogP contribution in [0.4, 0.5) is 13.2 Å². The van der Waals surface area contributed by atoms with E-state index in [1.54, 1.807) is 18.0 Å². The number of hydrogen-bond donors (Lipinski definition) is 1. The number of hydrogen-bond acceptors (Lipinski definition) is 5. The third-order valence-electron chi connectivity index (χ3n) is 9.98. The molecule has 1 amide bonds. The van der Waals surface area contributed by atoms with E-state index < -0.39 is 17.4 Å². The first-order valence-electron chi connectivity index (χ1n) is 14.2. The van der Waals surface area contributed by atoms with Crippen molar-refractivity contribution >= 4 is 12.0 Å². The number of likely N-dealkylation sites (tertiary alicyclic amines) is 1. The van der Waals surface area contributed by atoms with E-state index in [-0.39, 0.29) is 29.8 Å². The summed E-state index contributed by atoms with van der Waals surface area (Å²) >= 11 is 0. The van der Waals surface area contributed by atoms with Gasteiger partial charge in [0.25, 0.3) is 0 Å². The smallest absolute Gasteiger partial charge is 0.487 e. The van der Waals surface area contributed by atoms with Crippen LogP contribution in [0.3, 0.4) is 0 Å². The van der Waals surface area contributed by atoms with Crippen molar-refractivity contribution in [2.45, 2.75) is 74.1 Å². The van der Waals surface area contributed by atoms with Gasteiger partial charge in [-0.1, -0.05) is 24.3 Å². The van der Waals surface area contributed by atoms with Gasteiger partial charge in [-0.15, -0.1) is 13.2 Å². The zero-order valence-corrected chi connectivity index (χ0v) is 22.4. The van der Waals surface area contributed by atoms with Crippen molar-refractivity contribution < 1.29 is 32.5 Å². The Bertz CT molecular complexity index is 1370. The highest BCUT2D eigenvalue weighted by molar-refractivity contribution is 5.92. The summed E-state index contributed by atoms with van der Waals surface area (Å²) in [7, 11) is 1.75. The Kier molecular flexibility index (Phi) is 5.81. The number of halogens is 3. The van der Waals surface area contributed by atoms with Crippen molar-refractivity contribution in [2.75, 3.05) is 20.1 Å². The minimum absolute atomic E-state index is 0.0295. The number of nitrogens with zero attached hydrogens (tertiary/aromatic N) is 2. The SMILES string of the molecule is CN(C(=O)C=Cc1cccc(OC(F)(F)F)c1)[C@H]1CC[C@@]2(O)[C@H]3Cc4cccc5c4[C@@]2(CCN3CC2CC2)[C@H]1O5. The van der Waals surface area contributed by atoms with Gasteiger partial charge < -0.3 is 19.5 Å². The van der Waals surface area contributed by atoms with Crippen LogP contribution in [-0.2, 0) is 16.6 Å². The molecule has 1 N–H and O–H groups in total. The molecule has 2 aromatic rings. The summed E-state index contributed by atoms with van der Waals surface area (Å²) in [4.78, 5) is 17.6. The molecule has 2 bridgehead atoms. The van der Waals surface area contributed by atoms with E-state index in [1.807, 2.05) is 12.1 Å². The zero-order chi connectivity index (χ0) is 27.9. The first-order chi connectivity index (χ1) is 19.1. The van der Waals surface area contributed by atoms with Crippen molar-refractivity contribution in [1.29, 1.82) is 0 Å². The zero-order valence-electron chi connectivity index (χ0n) is 22.4. The lowest BCUT2D eigenvalue weighted by atomic mass is 9.48. The third kappa shape index (κ3) is 3.96. The second kappa shape index (κ2) is 8.98. The minimum atomic E-state index is -4.79. The average Bonchev–Trinajstić information content (AvgIpc) is 3.65. The molecule has 0 radical (unpaired) electrons. The number of rotatable bonds is 6. The van der Waals surface area contributed by atoms with E-state index in [0.29, 0.717) is 18.4 Å². The number of benzene rings is 2. The lowest BCUT2D eigenvalue weighted by Crippen LogP contribution is -2.78. The summed E-state index contributed by atoms with van der Waals surface area (Å²) in [6.07, 6.45) is 3.01. The predicted molar refractivity (Wildman–Crippen MR) is 142 cm³/mol. The number of carbonyl (C=O) groups excluding carboxylic acids is 1. The summed E-state index contributed by atoms with van der Waals surface area (Å²) in [5.41, 5.74) is 1.29. The van der Waals surface area contributed by atoms with Gasteiger partial charge in [0, 0.05) is 31.3 Å². The van der Waals surface area contributed by atoms with Crippen LogP contribution in [0, 0.1) is 5.92 Å². The lowest BCUT2D eigenvalue weighted by Gasteiger charge is -2.64. The maximum absolute atomic E-state index is 13.4. The van der Waals surface area contributed by atoms with Crippen molar-refractivity contribution in [1.82, 2.24) is 9.80 Å². The minimum Gasteiger partial charge on any atom is -0.487 e. The molecule has 0 unspecified atom stereocenters. The van der Waals surface area contributed by atoms with E-state index in [4.69, 9.17) is 4.74 Å². The average molecular weight is 555 g/mol. The first-order valence-corrected chi connectivity index (χ1v) is 14.2. The summed E-state index contributed by atoms with van der Waals surface area (Å²) < 4.78 is 48.5. The maximum Gasteiger partial charge on any atom is 0.573 e. The van der Waals surface area contributed by atoms with Crippen LogP contribution in [0.5, 0.6) is 11.5 Å². The highest BCUT2D eigenvalue weighted by Crippen LogP contribution is 2.64. The number of alkyl halides is 3. The highest BCUT2D eigenvalue weighted by atomic mass is 19.4. The molecule has 2 aromatic carbocycles. The van der Waals surface area contributed by atoms with E-state index in [1.165, 1.54) is 48.8 Å². The third-order valence-corrected chi connectivity index (χ3v) is 9.98. The maximum atomic E-state index is 13.4. The second-order valence-electron chi connectivity index (χ2n) is 12.1. The van der Waals surface area contributed by atoms with Crippen molar-refractivity contribution in [3.63, 3.8) is 0 Å². The van der Waals surface area contributed by atoms with Crippen LogP contribution in [-0.4, -0.2) is 71.1 Å². The van der Waals surface area contributed by atoms with Crippen LogP contribution >= 0.6 is 0 Å². The van der Waals surface area contributed by atoms with E-state index in [0.717, 1.165) is 43.2 Å². The Morgan fingerprint density at radius 1 is 1.20 bits per heavy atom. The molecule has 2 saturated carbocycles. The Morgan fingerprint density at radius 2 is 2.00 bits per heavy atom. The number of carbonyl (C=O) groups is 1. The molecule has 1 spiro atoms. The number of amides is 1. The standard InChI is InChI=1S/C31H33F3N2O4/c1-35(26(37)11-10-19-4-2-6-22(16-19)40-31(32,33)34)23-12-13-30(38)25-17-21-5-3-7-24-27(21)29(30,28(23)39-24)14-15-36(25)18-20-8-9-20/h2-7,10-11,16,20,23,25,28,38H,8-9,12-15,17-18H2,1H3/t23-,25+,28-,29-,30+/m0/s1. The topological polar surface area (TPSA) is 62.2 Å². The molecule has 6 nitrogen and oxygen atoms in total. The van der Waals surface area contributed by atoms with Gasteiger partial charge in [0.2, 0.25) is 5.91 Å². The summed E-state index contributed by atoms with van der Waals surface area (Å²) in [6.45, 7) is 1.93. The van der Waals surface area contributed by atoms with E-state index >= 15 is 0 Å². The predicted octanol–water partition coefficient (Wildman–Crippen LogP) is 4.69. The van der Waals surface area contributed by atoms with E-state index in [2.05, 4.69) is 15.7 Å². The Balaban J connectivity index is 1.16. The summed E-state index contributed by atoms with van der Waals surface area (Å²) in [6, 6.07) is 11.5.